The number of anilines is 2. The molecule has 220 valence electrons. The van der Waals surface area contributed by atoms with Crippen molar-refractivity contribution in [3.8, 4) is 5.75 Å². The van der Waals surface area contributed by atoms with Gasteiger partial charge in [0.05, 0.1) is 19.2 Å². The van der Waals surface area contributed by atoms with Gasteiger partial charge in [0.2, 0.25) is 5.91 Å². The molecule has 3 aromatic rings. The molecule has 2 aliphatic heterocycles. The van der Waals surface area contributed by atoms with Crippen LogP contribution in [0.15, 0.2) is 78.9 Å². The SMILES string of the molecule is COc1ccc(N2C(=O)[C@@H](CC(=O)Nc3ccc(F)cc3)N(CCCN3CCN(Cc4ccccc4)CC3)C2=S)cc1. The van der Waals surface area contributed by atoms with E-state index in [1.807, 2.05) is 11.0 Å². The van der Waals surface area contributed by atoms with Crippen LogP contribution in [-0.2, 0) is 16.1 Å². The third kappa shape index (κ3) is 7.31. The van der Waals surface area contributed by atoms with E-state index in [4.69, 9.17) is 17.0 Å². The van der Waals surface area contributed by atoms with Crippen LogP contribution in [0.25, 0.3) is 0 Å². The van der Waals surface area contributed by atoms with Crippen LogP contribution in [0.1, 0.15) is 18.4 Å². The molecule has 0 aliphatic carbocycles. The molecule has 3 aromatic carbocycles. The fourth-order valence-electron chi connectivity index (χ4n) is 5.45. The van der Waals surface area contributed by atoms with Crippen LogP contribution >= 0.6 is 12.2 Å². The Balaban J connectivity index is 1.21. The van der Waals surface area contributed by atoms with Crippen LogP contribution in [-0.4, -0.2) is 84.0 Å². The summed E-state index contributed by atoms with van der Waals surface area (Å²) in [6.45, 7) is 6.37. The predicted molar refractivity (Wildman–Crippen MR) is 166 cm³/mol. The number of carbonyl (C=O) groups is 2. The Kier molecular flexibility index (Phi) is 9.78. The molecule has 2 amide bonds. The summed E-state index contributed by atoms with van der Waals surface area (Å²) in [5.74, 6) is -0.289. The maximum atomic E-state index is 13.7. The van der Waals surface area contributed by atoms with Crippen LogP contribution in [0, 0.1) is 5.82 Å². The van der Waals surface area contributed by atoms with Gasteiger partial charge in [-0.3, -0.25) is 19.4 Å². The third-order valence-corrected chi connectivity index (χ3v) is 8.16. The van der Waals surface area contributed by atoms with E-state index in [0.29, 0.717) is 28.8 Å². The molecule has 8 nitrogen and oxygen atoms in total. The summed E-state index contributed by atoms with van der Waals surface area (Å²) in [6, 6.07) is 22.5. The van der Waals surface area contributed by atoms with Gasteiger partial charge in [0.15, 0.2) is 5.11 Å². The summed E-state index contributed by atoms with van der Waals surface area (Å²) < 4.78 is 18.6. The Hall–Kier alpha value is -3.86. The predicted octanol–water partition coefficient (Wildman–Crippen LogP) is 4.37. The number of halogens is 1. The second-order valence-corrected chi connectivity index (χ2v) is 10.9. The lowest BCUT2D eigenvalue weighted by atomic mass is 10.1. The summed E-state index contributed by atoms with van der Waals surface area (Å²) >= 11 is 5.81. The van der Waals surface area contributed by atoms with E-state index in [1.165, 1.54) is 34.7 Å². The molecular weight excluding hydrogens is 553 g/mol. The molecule has 0 spiro atoms. The van der Waals surface area contributed by atoms with E-state index < -0.39 is 6.04 Å². The Morgan fingerprint density at radius 2 is 1.60 bits per heavy atom. The molecule has 0 aromatic heterocycles. The first-order chi connectivity index (χ1) is 20.4. The summed E-state index contributed by atoms with van der Waals surface area (Å²) in [7, 11) is 1.58. The van der Waals surface area contributed by atoms with E-state index in [2.05, 4.69) is 39.4 Å². The summed E-state index contributed by atoms with van der Waals surface area (Å²) in [4.78, 5) is 35.0. The van der Waals surface area contributed by atoms with Crippen molar-refractivity contribution in [2.24, 2.45) is 0 Å². The van der Waals surface area contributed by atoms with Crippen molar-refractivity contribution in [3.63, 3.8) is 0 Å². The average Bonchev–Trinajstić information content (AvgIpc) is 3.23. The number of rotatable bonds is 11. The molecule has 10 heteroatoms. The number of carbonyl (C=O) groups excluding carboxylic acids is 2. The summed E-state index contributed by atoms with van der Waals surface area (Å²) in [5, 5.41) is 3.16. The molecule has 0 radical (unpaired) electrons. The van der Waals surface area contributed by atoms with Crippen molar-refractivity contribution in [2.45, 2.75) is 25.4 Å². The lowest BCUT2D eigenvalue weighted by Crippen LogP contribution is -2.47. The number of benzene rings is 3. The van der Waals surface area contributed by atoms with Crippen molar-refractivity contribution in [1.29, 1.82) is 0 Å². The molecule has 2 fully saturated rings. The van der Waals surface area contributed by atoms with Crippen molar-refractivity contribution in [1.82, 2.24) is 14.7 Å². The van der Waals surface area contributed by atoms with E-state index in [0.717, 1.165) is 45.7 Å². The van der Waals surface area contributed by atoms with Crippen molar-refractivity contribution in [3.05, 3.63) is 90.2 Å². The first-order valence-corrected chi connectivity index (χ1v) is 14.6. The minimum absolute atomic E-state index is 0.0683. The average molecular weight is 590 g/mol. The lowest BCUT2D eigenvalue weighted by molar-refractivity contribution is -0.124. The molecule has 0 unspecified atom stereocenters. The highest BCUT2D eigenvalue weighted by Gasteiger charge is 2.44. The minimum atomic E-state index is -0.734. The zero-order valence-electron chi connectivity index (χ0n) is 23.7. The number of thiocarbonyl (C=S) groups is 1. The van der Waals surface area contributed by atoms with Crippen LogP contribution < -0.4 is 15.0 Å². The maximum absolute atomic E-state index is 13.7. The number of nitrogens with one attached hydrogen (secondary N) is 1. The van der Waals surface area contributed by atoms with Gasteiger partial charge in [0.1, 0.15) is 17.6 Å². The topological polar surface area (TPSA) is 68.4 Å². The van der Waals surface area contributed by atoms with Gasteiger partial charge < -0.3 is 19.9 Å². The zero-order valence-corrected chi connectivity index (χ0v) is 24.6. The monoisotopic (exact) mass is 589 g/mol. The van der Waals surface area contributed by atoms with Gasteiger partial charge in [-0.05, 0) is 79.3 Å². The quantitative estimate of drug-likeness (QED) is 0.333. The number of methoxy groups -OCH3 is 1. The maximum Gasteiger partial charge on any atom is 0.256 e. The van der Waals surface area contributed by atoms with Gasteiger partial charge in [0, 0.05) is 45.0 Å². The van der Waals surface area contributed by atoms with Crippen LogP contribution in [0.3, 0.4) is 0 Å². The molecule has 2 heterocycles. The van der Waals surface area contributed by atoms with Gasteiger partial charge in [-0.15, -0.1) is 0 Å². The fraction of sp³-hybridized carbons (Fsp3) is 0.344. The standard InChI is InChI=1S/C32H36FN5O3S/c1-41-28-14-12-27(13-15-28)38-31(40)29(22-30(39)34-26-10-8-25(33)9-11-26)37(32(38)42)17-5-16-35-18-20-36(21-19-35)23-24-6-3-2-4-7-24/h2-4,6-15,29H,5,16-23H2,1H3,(H,34,39)/t29-/m1/s1. The molecule has 5 rings (SSSR count). The largest absolute Gasteiger partial charge is 0.497 e. The third-order valence-electron chi connectivity index (χ3n) is 7.74. The van der Waals surface area contributed by atoms with E-state index in [1.54, 1.807) is 31.4 Å². The normalized spacial score (nSPS) is 18.0. The highest BCUT2D eigenvalue weighted by Crippen LogP contribution is 2.29. The van der Waals surface area contributed by atoms with Gasteiger partial charge in [-0.1, -0.05) is 30.3 Å². The number of piperazine rings is 1. The van der Waals surface area contributed by atoms with Gasteiger partial charge in [-0.2, -0.15) is 0 Å². The van der Waals surface area contributed by atoms with Gasteiger partial charge >= 0.3 is 0 Å². The lowest BCUT2D eigenvalue weighted by Gasteiger charge is -2.35. The van der Waals surface area contributed by atoms with E-state index >= 15 is 0 Å². The number of amides is 2. The van der Waals surface area contributed by atoms with Crippen LogP contribution in [0.2, 0.25) is 0 Å². The molecule has 42 heavy (non-hydrogen) atoms. The molecule has 2 saturated heterocycles. The smallest absolute Gasteiger partial charge is 0.256 e. The van der Waals surface area contributed by atoms with Gasteiger partial charge in [-0.25, -0.2) is 4.39 Å². The Labute approximate surface area is 251 Å². The fourth-order valence-corrected chi connectivity index (χ4v) is 5.87. The Bertz CT molecular complexity index is 1370. The second-order valence-electron chi connectivity index (χ2n) is 10.6. The van der Waals surface area contributed by atoms with E-state index in [9.17, 15) is 14.0 Å². The van der Waals surface area contributed by atoms with E-state index in [-0.39, 0.29) is 24.1 Å². The highest BCUT2D eigenvalue weighted by molar-refractivity contribution is 7.80. The Morgan fingerprint density at radius 1 is 0.929 bits per heavy atom. The highest BCUT2D eigenvalue weighted by atomic mass is 32.1. The number of ether oxygens (including phenoxy) is 1. The zero-order chi connectivity index (χ0) is 29.5. The van der Waals surface area contributed by atoms with Crippen molar-refractivity contribution in [2.75, 3.05) is 56.6 Å². The first-order valence-electron chi connectivity index (χ1n) is 14.2. The summed E-state index contributed by atoms with van der Waals surface area (Å²) in [6.07, 6.45) is 0.736. The van der Waals surface area contributed by atoms with Crippen molar-refractivity contribution >= 4 is 40.5 Å². The Morgan fingerprint density at radius 3 is 2.26 bits per heavy atom. The number of hydrogen-bond donors (Lipinski definition) is 1. The molecule has 2 aliphatic rings. The molecular formula is C32H36FN5O3S. The number of nitrogens with zero attached hydrogens (tertiary/aromatic N) is 4. The minimum Gasteiger partial charge on any atom is -0.497 e. The molecule has 1 atom stereocenters. The molecule has 1 N–H and O–H groups in total. The number of hydrogen-bond acceptors (Lipinski definition) is 6. The van der Waals surface area contributed by atoms with Crippen LogP contribution in [0.5, 0.6) is 5.75 Å². The second kappa shape index (κ2) is 13.9. The van der Waals surface area contributed by atoms with Crippen LogP contribution in [0.4, 0.5) is 15.8 Å². The summed E-state index contributed by atoms with van der Waals surface area (Å²) in [5.41, 5.74) is 2.43. The molecule has 0 saturated carbocycles. The molecule has 0 bridgehead atoms. The van der Waals surface area contributed by atoms with Crippen molar-refractivity contribution < 1.29 is 18.7 Å². The first kappa shape index (κ1) is 29.6. The van der Waals surface area contributed by atoms with Gasteiger partial charge in [0.25, 0.3) is 5.91 Å².